The summed E-state index contributed by atoms with van der Waals surface area (Å²) in [4.78, 5) is 11.8. The van der Waals surface area contributed by atoms with Gasteiger partial charge in [-0.2, -0.15) is 0 Å². The largest absolute Gasteiger partial charge is 0.352 e. The molecular weight excluding hydrogens is 368 g/mol. The molecule has 0 aromatic heterocycles. The Morgan fingerprint density at radius 2 is 1.77 bits per heavy atom. The van der Waals surface area contributed by atoms with Gasteiger partial charge in [-0.1, -0.05) is 47.3 Å². The fraction of sp³-hybridized carbons (Fsp3) is 0.533. The molecule has 22 heavy (non-hydrogen) atoms. The van der Waals surface area contributed by atoms with E-state index in [1.807, 2.05) is 0 Å². The van der Waals surface area contributed by atoms with Gasteiger partial charge in [-0.25, -0.2) is 13.1 Å². The SMILES string of the molecule is O=C(CNS(=O)(=O)Cc1ccc(Br)cc1)NC1CCCCC1. The summed E-state index contributed by atoms with van der Waals surface area (Å²) >= 11 is 3.30. The number of benzene rings is 1. The molecule has 1 fully saturated rings. The highest BCUT2D eigenvalue weighted by molar-refractivity contribution is 9.10. The number of amides is 1. The molecule has 1 aliphatic rings. The predicted molar refractivity (Wildman–Crippen MR) is 89.8 cm³/mol. The van der Waals surface area contributed by atoms with Crippen LogP contribution in [-0.4, -0.2) is 26.9 Å². The minimum atomic E-state index is -3.51. The first-order valence-corrected chi connectivity index (χ1v) is 9.90. The first kappa shape index (κ1) is 17.4. The van der Waals surface area contributed by atoms with Crippen molar-refractivity contribution in [2.75, 3.05) is 6.54 Å². The van der Waals surface area contributed by atoms with E-state index in [0.717, 1.165) is 30.2 Å². The third-order valence-electron chi connectivity index (χ3n) is 3.69. The van der Waals surface area contributed by atoms with E-state index in [1.165, 1.54) is 6.42 Å². The summed E-state index contributed by atoms with van der Waals surface area (Å²) in [6, 6.07) is 7.26. The van der Waals surface area contributed by atoms with Crippen molar-refractivity contribution in [3.63, 3.8) is 0 Å². The van der Waals surface area contributed by atoms with Crippen molar-refractivity contribution in [2.45, 2.75) is 43.9 Å². The molecule has 1 aliphatic carbocycles. The molecular formula is C15H21BrN2O3S. The molecule has 2 rings (SSSR count). The van der Waals surface area contributed by atoms with Crippen LogP contribution in [0.2, 0.25) is 0 Å². The van der Waals surface area contributed by atoms with Gasteiger partial charge in [0.1, 0.15) is 0 Å². The summed E-state index contributed by atoms with van der Waals surface area (Å²) in [5, 5.41) is 2.89. The zero-order valence-electron chi connectivity index (χ0n) is 12.3. The van der Waals surface area contributed by atoms with E-state index >= 15 is 0 Å². The quantitative estimate of drug-likeness (QED) is 0.784. The van der Waals surface area contributed by atoms with Crippen LogP contribution >= 0.6 is 15.9 Å². The van der Waals surface area contributed by atoms with Gasteiger partial charge < -0.3 is 5.32 Å². The van der Waals surface area contributed by atoms with E-state index in [4.69, 9.17) is 0 Å². The van der Waals surface area contributed by atoms with Crippen LogP contribution in [-0.2, 0) is 20.6 Å². The monoisotopic (exact) mass is 388 g/mol. The Morgan fingerprint density at radius 1 is 1.14 bits per heavy atom. The Morgan fingerprint density at radius 3 is 2.41 bits per heavy atom. The minimum absolute atomic E-state index is 0.128. The summed E-state index contributed by atoms with van der Waals surface area (Å²) in [7, 11) is -3.51. The third kappa shape index (κ3) is 6.06. The lowest BCUT2D eigenvalue weighted by molar-refractivity contribution is -0.120. The van der Waals surface area contributed by atoms with E-state index in [-0.39, 0.29) is 24.2 Å². The van der Waals surface area contributed by atoms with Crippen molar-refractivity contribution in [3.8, 4) is 0 Å². The number of carbonyl (C=O) groups is 1. The number of halogens is 1. The van der Waals surface area contributed by atoms with E-state index in [2.05, 4.69) is 26.0 Å². The van der Waals surface area contributed by atoms with Crippen molar-refractivity contribution in [1.29, 1.82) is 0 Å². The fourth-order valence-corrected chi connectivity index (χ4v) is 3.90. The van der Waals surface area contributed by atoms with E-state index < -0.39 is 10.0 Å². The highest BCUT2D eigenvalue weighted by Gasteiger charge is 2.17. The molecule has 122 valence electrons. The molecule has 0 heterocycles. The Balaban J connectivity index is 1.78. The van der Waals surface area contributed by atoms with E-state index in [1.54, 1.807) is 24.3 Å². The lowest BCUT2D eigenvalue weighted by Gasteiger charge is -2.22. The molecule has 1 aromatic rings. The van der Waals surface area contributed by atoms with Crippen molar-refractivity contribution in [1.82, 2.24) is 10.0 Å². The van der Waals surface area contributed by atoms with Gasteiger partial charge in [-0.05, 0) is 30.5 Å². The Bertz CT molecular complexity index is 596. The van der Waals surface area contributed by atoms with Crippen molar-refractivity contribution in [3.05, 3.63) is 34.3 Å². The first-order chi connectivity index (χ1) is 10.4. The van der Waals surface area contributed by atoms with Crippen LogP contribution in [0, 0.1) is 0 Å². The molecule has 0 aliphatic heterocycles. The molecule has 0 atom stereocenters. The molecule has 1 amide bonds. The summed E-state index contributed by atoms with van der Waals surface area (Å²) < 4.78 is 27.2. The molecule has 1 aromatic carbocycles. The highest BCUT2D eigenvalue weighted by atomic mass is 79.9. The highest BCUT2D eigenvalue weighted by Crippen LogP contribution is 2.17. The molecule has 1 saturated carbocycles. The molecule has 7 heteroatoms. The summed E-state index contributed by atoms with van der Waals surface area (Å²) in [5.74, 6) is -0.386. The molecule has 0 unspecified atom stereocenters. The van der Waals surface area contributed by atoms with Gasteiger partial charge in [-0.15, -0.1) is 0 Å². The van der Waals surface area contributed by atoms with Gasteiger partial charge in [0.25, 0.3) is 0 Å². The van der Waals surface area contributed by atoms with Crippen molar-refractivity contribution >= 4 is 31.9 Å². The van der Waals surface area contributed by atoms with E-state index in [9.17, 15) is 13.2 Å². The van der Waals surface area contributed by atoms with Crippen LogP contribution in [0.15, 0.2) is 28.7 Å². The molecule has 0 spiro atoms. The number of sulfonamides is 1. The number of nitrogens with one attached hydrogen (secondary N) is 2. The lowest BCUT2D eigenvalue weighted by Crippen LogP contribution is -2.42. The van der Waals surface area contributed by atoms with Crippen LogP contribution in [0.5, 0.6) is 0 Å². The number of carbonyl (C=O) groups excluding carboxylic acids is 1. The maximum absolute atomic E-state index is 12.0. The number of hydrogen-bond acceptors (Lipinski definition) is 3. The predicted octanol–water partition coefficient (Wildman–Crippen LogP) is 2.32. The topological polar surface area (TPSA) is 75.3 Å². The maximum atomic E-state index is 12.0. The van der Waals surface area contributed by atoms with Gasteiger partial charge in [-0.3, -0.25) is 4.79 Å². The third-order valence-corrected chi connectivity index (χ3v) is 5.52. The fourth-order valence-electron chi connectivity index (χ4n) is 2.55. The summed E-state index contributed by atoms with van der Waals surface area (Å²) in [5.41, 5.74) is 0.684. The van der Waals surface area contributed by atoms with Crippen LogP contribution in [0.25, 0.3) is 0 Å². The molecule has 0 bridgehead atoms. The average molecular weight is 389 g/mol. The van der Waals surface area contributed by atoms with Crippen molar-refractivity contribution < 1.29 is 13.2 Å². The summed E-state index contributed by atoms with van der Waals surface area (Å²) in [6.07, 6.45) is 5.43. The number of rotatable bonds is 6. The first-order valence-electron chi connectivity index (χ1n) is 7.46. The second kappa shape index (κ2) is 8.08. The molecule has 0 radical (unpaired) electrons. The van der Waals surface area contributed by atoms with Gasteiger partial charge >= 0.3 is 0 Å². The van der Waals surface area contributed by atoms with Crippen LogP contribution in [0.1, 0.15) is 37.7 Å². The van der Waals surface area contributed by atoms with Crippen LogP contribution < -0.4 is 10.0 Å². The van der Waals surface area contributed by atoms with Gasteiger partial charge in [0.2, 0.25) is 15.9 Å². The van der Waals surface area contributed by atoms with Crippen molar-refractivity contribution in [2.24, 2.45) is 0 Å². The van der Waals surface area contributed by atoms with Gasteiger partial charge in [0.15, 0.2) is 0 Å². The average Bonchev–Trinajstić information content (AvgIpc) is 2.49. The van der Waals surface area contributed by atoms with Gasteiger partial charge in [0.05, 0.1) is 12.3 Å². The second-order valence-corrected chi connectivity index (χ2v) is 8.33. The maximum Gasteiger partial charge on any atom is 0.235 e. The number of hydrogen-bond donors (Lipinski definition) is 2. The Kier molecular flexibility index (Phi) is 6.40. The standard InChI is InChI=1S/C15H21BrN2O3S/c16-13-8-6-12(7-9-13)11-22(20,21)17-10-15(19)18-14-4-2-1-3-5-14/h6-9,14,17H,1-5,10-11H2,(H,18,19). The normalized spacial score (nSPS) is 16.4. The Hall–Kier alpha value is -0.920. The zero-order valence-corrected chi connectivity index (χ0v) is 14.7. The lowest BCUT2D eigenvalue weighted by atomic mass is 9.95. The van der Waals surface area contributed by atoms with Gasteiger partial charge in [0, 0.05) is 10.5 Å². The van der Waals surface area contributed by atoms with E-state index in [0.29, 0.717) is 5.56 Å². The second-order valence-electron chi connectivity index (χ2n) is 5.61. The minimum Gasteiger partial charge on any atom is -0.352 e. The van der Waals surface area contributed by atoms with Crippen LogP contribution in [0.3, 0.4) is 0 Å². The smallest absolute Gasteiger partial charge is 0.235 e. The molecule has 5 nitrogen and oxygen atoms in total. The summed E-state index contributed by atoms with van der Waals surface area (Å²) in [6.45, 7) is -0.199. The molecule has 2 N–H and O–H groups in total. The Labute approximate surface area is 140 Å². The van der Waals surface area contributed by atoms with Crippen LogP contribution in [0.4, 0.5) is 0 Å². The zero-order chi connectivity index (χ0) is 16.0. The molecule has 0 saturated heterocycles.